The molecular formula is C18H20N2O3. The fraction of sp³-hybridized carbons (Fsp3) is 0.333. The number of nitriles is 1. The van der Waals surface area contributed by atoms with E-state index in [4.69, 9.17) is 15.2 Å². The van der Waals surface area contributed by atoms with E-state index in [2.05, 4.69) is 6.07 Å². The number of carbonyl (C=O) groups excluding carboxylic acids is 1. The van der Waals surface area contributed by atoms with Crippen molar-refractivity contribution in [1.29, 1.82) is 5.26 Å². The second-order valence-electron chi connectivity index (χ2n) is 5.54. The Balaban J connectivity index is 2.67. The smallest absolute Gasteiger partial charge is 0.338 e. The molecule has 1 heterocycles. The van der Waals surface area contributed by atoms with E-state index in [1.54, 1.807) is 6.92 Å². The van der Waals surface area contributed by atoms with Gasteiger partial charge in [0.05, 0.1) is 17.8 Å². The first-order valence-electron chi connectivity index (χ1n) is 7.55. The number of hydrogen-bond acceptors (Lipinski definition) is 5. The van der Waals surface area contributed by atoms with Gasteiger partial charge in [0.2, 0.25) is 5.88 Å². The summed E-state index contributed by atoms with van der Waals surface area (Å²) < 4.78 is 10.8. The highest BCUT2D eigenvalue weighted by Gasteiger charge is 2.38. The molecule has 0 saturated carbocycles. The van der Waals surface area contributed by atoms with Crippen LogP contribution in [0.2, 0.25) is 0 Å². The summed E-state index contributed by atoms with van der Waals surface area (Å²) in [6.45, 7) is 5.85. The lowest BCUT2D eigenvalue weighted by Crippen LogP contribution is -2.29. The Bertz CT molecular complexity index is 697. The molecule has 120 valence electrons. The molecule has 0 aromatic heterocycles. The van der Waals surface area contributed by atoms with Gasteiger partial charge in [-0.15, -0.1) is 0 Å². The minimum Gasteiger partial charge on any atom is -0.463 e. The zero-order valence-electron chi connectivity index (χ0n) is 13.5. The zero-order chi connectivity index (χ0) is 17.0. The number of benzene rings is 1. The number of nitrogens with zero attached hydrogens (tertiary/aromatic N) is 1. The van der Waals surface area contributed by atoms with E-state index in [0.29, 0.717) is 11.3 Å². The summed E-state index contributed by atoms with van der Waals surface area (Å²) in [7, 11) is 0. The van der Waals surface area contributed by atoms with Crippen molar-refractivity contribution in [2.45, 2.75) is 20.8 Å². The van der Waals surface area contributed by atoms with Crippen LogP contribution in [0.25, 0.3) is 5.76 Å². The van der Waals surface area contributed by atoms with Crippen molar-refractivity contribution < 1.29 is 14.3 Å². The molecule has 0 radical (unpaired) electrons. The number of carbonyl (C=O) groups is 1. The SMILES string of the molecule is CCOC(=O)C1=C(c2ccccc2)OC(N)=C(C#N)[C@H]1C(C)C. The van der Waals surface area contributed by atoms with Crippen molar-refractivity contribution in [3.63, 3.8) is 0 Å². The highest BCUT2D eigenvalue weighted by Crippen LogP contribution is 2.40. The first-order valence-corrected chi connectivity index (χ1v) is 7.55. The molecule has 5 nitrogen and oxygen atoms in total. The maximum absolute atomic E-state index is 12.5. The van der Waals surface area contributed by atoms with Gasteiger partial charge in [0.1, 0.15) is 11.8 Å². The highest BCUT2D eigenvalue weighted by molar-refractivity contribution is 5.98. The van der Waals surface area contributed by atoms with E-state index in [1.807, 2.05) is 44.2 Å². The molecule has 2 N–H and O–H groups in total. The number of hydrogen-bond donors (Lipinski definition) is 1. The molecule has 0 aliphatic carbocycles. The largest absolute Gasteiger partial charge is 0.463 e. The predicted octanol–water partition coefficient (Wildman–Crippen LogP) is 2.96. The van der Waals surface area contributed by atoms with E-state index < -0.39 is 11.9 Å². The molecule has 1 aromatic carbocycles. The van der Waals surface area contributed by atoms with Crippen LogP contribution in [0, 0.1) is 23.2 Å². The fourth-order valence-electron chi connectivity index (χ4n) is 2.68. The third-order valence-electron chi connectivity index (χ3n) is 3.66. The summed E-state index contributed by atoms with van der Waals surface area (Å²) >= 11 is 0. The third-order valence-corrected chi connectivity index (χ3v) is 3.66. The maximum Gasteiger partial charge on any atom is 0.338 e. The lowest BCUT2D eigenvalue weighted by molar-refractivity contribution is -0.139. The van der Waals surface area contributed by atoms with Crippen molar-refractivity contribution in [1.82, 2.24) is 0 Å². The molecule has 1 aromatic rings. The van der Waals surface area contributed by atoms with Crippen LogP contribution < -0.4 is 5.73 Å². The molecule has 1 aliphatic heterocycles. The van der Waals surface area contributed by atoms with E-state index in [9.17, 15) is 10.1 Å². The standard InChI is InChI=1S/C18H20N2O3/c1-4-22-18(21)15-14(11(2)3)13(10-19)17(20)23-16(15)12-8-6-5-7-9-12/h5-9,11,14H,4,20H2,1-3H3/t14-/m1/s1. The van der Waals surface area contributed by atoms with Crippen molar-refractivity contribution >= 4 is 11.7 Å². The Hall–Kier alpha value is -2.74. The van der Waals surface area contributed by atoms with Crippen LogP contribution in [0.1, 0.15) is 26.3 Å². The highest BCUT2D eigenvalue weighted by atomic mass is 16.5. The molecule has 0 bridgehead atoms. The fourth-order valence-corrected chi connectivity index (χ4v) is 2.68. The van der Waals surface area contributed by atoms with Crippen molar-refractivity contribution in [2.24, 2.45) is 17.6 Å². The first-order chi connectivity index (χ1) is 11.0. The van der Waals surface area contributed by atoms with Crippen LogP contribution in [-0.4, -0.2) is 12.6 Å². The quantitative estimate of drug-likeness (QED) is 0.864. The van der Waals surface area contributed by atoms with Crippen molar-refractivity contribution in [3.05, 3.63) is 52.9 Å². The van der Waals surface area contributed by atoms with Crippen molar-refractivity contribution in [3.8, 4) is 6.07 Å². The minimum absolute atomic E-state index is 0.00906. The Kier molecular flexibility index (Phi) is 5.07. The molecule has 5 heteroatoms. The molecule has 0 spiro atoms. The Morgan fingerprint density at radius 2 is 2.04 bits per heavy atom. The van der Waals surface area contributed by atoms with Gasteiger partial charge in [-0.25, -0.2) is 4.79 Å². The first kappa shape index (κ1) is 16.6. The summed E-state index contributed by atoms with van der Waals surface area (Å²) in [6, 6.07) is 11.3. The molecule has 1 atom stereocenters. The zero-order valence-corrected chi connectivity index (χ0v) is 13.5. The number of allylic oxidation sites excluding steroid dienone is 1. The van der Waals surface area contributed by atoms with Gasteiger partial charge < -0.3 is 15.2 Å². The monoisotopic (exact) mass is 312 g/mol. The molecule has 0 amide bonds. The summed E-state index contributed by atoms with van der Waals surface area (Å²) in [5, 5.41) is 9.42. The van der Waals surface area contributed by atoms with E-state index >= 15 is 0 Å². The van der Waals surface area contributed by atoms with Gasteiger partial charge in [0, 0.05) is 11.5 Å². The summed E-state index contributed by atoms with van der Waals surface area (Å²) in [5.74, 6) is -0.545. The van der Waals surface area contributed by atoms with Crippen LogP contribution in [0.3, 0.4) is 0 Å². The van der Waals surface area contributed by atoms with Gasteiger partial charge in [0.25, 0.3) is 0 Å². The summed E-state index contributed by atoms with van der Waals surface area (Å²) in [5.41, 5.74) is 7.27. The predicted molar refractivity (Wildman–Crippen MR) is 86.2 cm³/mol. The van der Waals surface area contributed by atoms with Gasteiger partial charge in [-0.2, -0.15) is 5.26 Å². The summed E-state index contributed by atoms with van der Waals surface area (Å²) in [6.07, 6.45) is 0. The van der Waals surface area contributed by atoms with Gasteiger partial charge in [-0.3, -0.25) is 0 Å². The molecular weight excluding hydrogens is 292 g/mol. The average Bonchev–Trinajstić information content (AvgIpc) is 2.54. The molecule has 0 unspecified atom stereocenters. The Morgan fingerprint density at radius 1 is 1.39 bits per heavy atom. The van der Waals surface area contributed by atoms with Crippen LogP contribution >= 0.6 is 0 Å². The molecule has 0 saturated heterocycles. The lowest BCUT2D eigenvalue weighted by Gasteiger charge is -2.30. The van der Waals surface area contributed by atoms with E-state index in [0.717, 1.165) is 5.56 Å². The minimum atomic E-state index is -0.481. The van der Waals surface area contributed by atoms with Crippen LogP contribution in [0.15, 0.2) is 47.4 Å². The number of esters is 1. The van der Waals surface area contributed by atoms with Gasteiger partial charge in [-0.1, -0.05) is 44.2 Å². The number of rotatable bonds is 4. The normalized spacial score (nSPS) is 17.8. The van der Waals surface area contributed by atoms with Gasteiger partial charge in [-0.05, 0) is 12.8 Å². The molecule has 0 fully saturated rings. The average molecular weight is 312 g/mol. The van der Waals surface area contributed by atoms with Crippen molar-refractivity contribution in [2.75, 3.05) is 6.61 Å². The Morgan fingerprint density at radius 3 is 2.57 bits per heavy atom. The summed E-state index contributed by atoms with van der Waals surface area (Å²) in [4.78, 5) is 12.5. The number of nitrogens with two attached hydrogens (primary N) is 1. The van der Waals surface area contributed by atoms with E-state index in [-0.39, 0.29) is 24.0 Å². The second-order valence-corrected chi connectivity index (χ2v) is 5.54. The maximum atomic E-state index is 12.5. The van der Waals surface area contributed by atoms with Gasteiger partial charge >= 0.3 is 5.97 Å². The molecule has 1 aliphatic rings. The van der Waals surface area contributed by atoms with Crippen LogP contribution in [0.5, 0.6) is 0 Å². The topological polar surface area (TPSA) is 85.3 Å². The second kappa shape index (κ2) is 7.01. The van der Waals surface area contributed by atoms with Crippen LogP contribution in [0.4, 0.5) is 0 Å². The third kappa shape index (κ3) is 3.21. The molecule has 2 rings (SSSR count). The lowest BCUT2D eigenvalue weighted by atomic mass is 9.79. The van der Waals surface area contributed by atoms with Crippen LogP contribution in [-0.2, 0) is 14.3 Å². The van der Waals surface area contributed by atoms with E-state index in [1.165, 1.54) is 0 Å². The Labute approximate surface area is 136 Å². The number of ether oxygens (including phenoxy) is 2. The van der Waals surface area contributed by atoms with Gasteiger partial charge in [0.15, 0.2) is 0 Å². The molecule has 23 heavy (non-hydrogen) atoms.